The Morgan fingerprint density at radius 2 is 1.77 bits per heavy atom. The maximum absolute atomic E-state index is 11.2. The zero-order valence-corrected chi connectivity index (χ0v) is 9.34. The van der Waals surface area contributed by atoms with Crippen LogP contribution >= 0.6 is 0 Å². The third kappa shape index (κ3) is 5.62. The highest BCUT2D eigenvalue weighted by atomic mass is 16.1. The highest BCUT2D eigenvalue weighted by molar-refractivity contribution is 5.91. The minimum Gasteiger partial charge on any atom is -0.295 e. The average molecular weight is 182 g/mol. The van der Waals surface area contributed by atoms with Gasteiger partial charge in [-0.25, -0.2) is 0 Å². The van der Waals surface area contributed by atoms with Gasteiger partial charge in [-0.2, -0.15) is 0 Å². The Labute approximate surface area is 82.2 Å². The lowest BCUT2D eigenvalue weighted by Crippen LogP contribution is -2.02. The highest BCUT2D eigenvalue weighted by Gasteiger charge is 2.03. The number of carbonyl (C=O) groups is 1. The van der Waals surface area contributed by atoms with Crippen LogP contribution in [0.3, 0.4) is 0 Å². The van der Waals surface area contributed by atoms with Crippen molar-refractivity contribution in [3.63, 3.8) is 0 Å². The van der Waals surface area contributed by atoms with E-state index >= 15 is 0 Å². The van der Waals surface area contributed by atoms with Gasteiger partial charge in [0.05, 0.1) is 0 Å². The molecule has 0 radical (unpaired) electrons. The maximum Gasteiger partial charge on any atom is 0.157 e. The minimum absolute atomic E-state index is 0.137. The van der Waals surface area contributed by atoms with Crippen LogP contribution < -0.4 is 0 Å². The number of hydrogen-bond donors (Lipinski definition) is 0. The van der Waals surface area contributed by atoms with Gasteiger partial charge in [-0.1, -0.05) is 46.6 Å². The molecule has 0 saturated heterocycles. The number of rotatable bonds is 6. The fraction of sp³-hybridized carbons (Fsp3) is 0.750. The second-order valence-electron chi connectivity index (χ2n) is 3.88. The Bertz CT molecular complexity index is 164. The van der Waals surface area contributed by atoms with Crippen LogP contribution in [-0.4, -0.2) is 5.78 Å². The molecule has 0 aliphatic rings. The standard InChI is InChI=1S/C12H22O/c1-5-11(6-2)8-7-9-12(13)10(3)4/h7,9-11H,5-6,8H2,1-4H3/b9-7+. The quantitative estimate of drug-likeness (QED) is 0.574. The summed E-state index contributed by atoms with van der Waals surface area (Å²) in [7, 11) is 0. The first-order valence-electron chi connectivity index (χ1n) is 5.32. The topological polar surface area (TPSA) is 17.1 Å². The molecule has 0 aliphatic carbocycles. The first-order chi connectivity index (χ1) is 6.11. The molecule has 0 N–H and O–H groups in total. The molecule has 0 aromatic rings. The normalized spacial score (nSPS) is 11.8. The molecule has 0 aromatic heterocycles. The summed E-state index contributed by atoms with van der Waals surface area (Å²) in [5, 5.41) is 0. The summed E-state index contributed by atoms with van der Waals surface area (Å²) in [6, 6.07) is 0. The van der Waals surface area contributed by atoms with Gasteiger partial charge in [0.15, 0.2) is 5.78 Å². The van der Waals surface area contributed by atoms with Gasteiger partial charge >= 0.3 is 0 Å². The van der Waals surface area contributed by atoms with Gasteiger partial charge in [0.1, 0.15) is 0 Å². The molecule has 0 fully saturated rings. The Balaban J connectivity index is 3.79. The first-order valence-corrected chi connectivity index (χ1v) is 5.32. The molecule has 13 heavy (non-hydrogen) atoms. The molecule has 0 atom stereocenters. The molecule has 0 bridgehead atoms. The van der Waals surface area contributed by atoms with E-state index in [2.05, 4.69) is 13.8 Å². The Morgan fingerprint density at radius 1 is 1.23 bits per heavy atom. The second kappa shape index (κ2) is 6.88. The molecule has 0 saturated carbocycles. The van der Waals surface area contributed by atoms with Gasteiger partial charge in [0.25, 0.3) is 0 Å². The van der Waals surface area contributed by atoms with Crippen LogP contribution in [0.25, 0.3) is 0 Å². The predicted molar refractivity (Wildman–Crippen MR) is 57.7 cm³/mol. The summed E-state index contributed by atoms with van der Waals surface area (Å²) < 4.78 is 0. The van der Waals surface area contributed by atoms with E-state index in [1.807, 2.05) is 19.9 Å². The molecular formula is C12H22O. The molecular weight excluding hydrogens is 160 g/mol. The fourth-order valence-electron chi connectivity index (χ4n) is 1.19. The van der Waals surface area contributed by atoms with Crippen molar-refractivity contribution in [2.75, 3.05) is 0 Å². The summed E-state index contributed by atoms with van der Waals surface area (Å²) >= 11 is 0. The fourth-order valence-corrected chi connectivity index (χ4v) is 1.19. The lowest BCUT2D eigenvalue weighted by molar-refractivity contribution is -0.117. The monoisotopic (exact) mass is 182 g/mol. The van der Waals surface area contributed by atoms with Crippen molar-refractivity contribution in [3.8, 4) is 0 Å². The van der Waals surface area contributed by atoms with Gasteiger partial charge in [-0.15, -0.1) is 0 Å². The molecule has 0 amide bonds. The van der Waals surface area contributed by atoms with Crippen LogP contribution in [0, 0.1) is 11.8 Å². The Kier molecular flexibility index (Phi) is 6.56. The van der Waals surface area contributed by atoms with Crippen LogP contribution in [-0.2, 0) is 4.79 Å². The van der Waals surface area contributed by atoms with E-state index < -0.39 is 0 Å². The number of hydrogen-bond acceptors (Lipinski definition) is 1. The predicted octanol–water partition coefficient (Wildman–Crippen LogP) is 3.59. The molecule has 0 aliphatic heterocycles. The van der Waals surface area contributed by atoms with E-state index in [0.29, 0.717) is 0 Å². The lowest BCUT2D eigenvalue weighted by atomic mass is 9.98. The number of ketones is 1. The zero-order valence-electron chi connectivity index (χ0n) is 9.34. The van der Waals surface area contributed by atoms with E-state index in [1.165, 1.54) is 12.8 Å². The first kappa shape index (κ1) is 12.4. The highest BCUT2D eigenvalue weighted by Crippen LogP contribution is 2.12. The molecule has 0 unspecified atom stereocenters. The molecule has 76 valence electrons. The van der Waals surface area contributed by atoms with Crippen molar-refractivity contribution >= 4 is 5.78 Å². The van der Waals surface area contributed by atoms with Crippen molar-refractivity contribution in [2.24, 2.45) is 11.8 Å². The molecule has 0 spiro atoms. The van der Waals surface area contributed by atoms with Crippen molar-refractivity contribution in [2.45, 2.75) is 47.0 Å². The molecule has 1 nitrogen and oxygen atoms in total. The minimum atomic E-state index is 0.137. The third-order valence-electron chi connectivity index (χ3n) is 2.48. The van der Waals surface area contributed by atoms with Crippen LogP contribution in [0.15, 0.2) is 12.2 Å². The number of carbonyl (C=O) groups excluding carboxylic acids is 1. The summed E-state index contributed by atoms with van der Waals surface area (Å²) in [6.45, 7) is 8.27. The SMILES string of the molecule is CCC(CC)C/C=C/C(=O)C(C)C. The maximum atomic E-state index is 11.2. The van der Waals surface area contributed by atoms with Crippen LogP contribution in [0.2, 0.25) is 0 Å². The summed E-state index contributed by atoms with van der Waals surface area (Å²) in [4.78, 5) is 11.2. The van der Waals surface area contributed by atoms with Crippen molar-refractivity contribution in [1.29, 1.82) is 0 Å². The summed E-state index contributed by atoms with van der Waals surface area (Å²) in [5.41, 5.74) is 0. The lowest BCUT2D eigenvalue weighted by Gasteiger charge is -2.07. The summed E-state index contributed by atoms with van der Waals surface area (Å²) in [5.74, 6) is 1.13. The summed E-state index contributed by atoms with van der Waals surface area (Å²) in [6.07, 6.45) is 7.22. The Hall–Kier alpha value is -0.590. The van der Waals surface area contributed by atoms with Gasteiger partial charge in [-0.05, 0) is 18.4 Å². The molecule has 0 rings (SSSR count). The zero-order chi connectivity index (χ0) is 10.3. The third-order valence-corrected chi connectivity index (χ3v) is 2.48. The molecule has 1 heteroatoms. The smallest absolute Gasteiger partial charge is 0.157 e. The number of allylic oxidation sites excluding steroid dienone is 2. The van der Waals surface area contributed by atoms with Crippen molar-refractivity contribution in [3.05, 3.63) is 12.2 Å². The molecule has 0 aromatic carbocycles. The van der Waals surface area contributed by atoms with Crippen molar-refractivity contribution < 1.29 is 4.79 Å². The van der Waals surface area contributed by atoms with Crippen molar-refractivity contribution in [1.82, 2.24) is 0 Å². The van der Waals surface area contributed by atoms with Crippen LogP contribution in [0.1, 0.15) is 47.0 Å². The van der Waals surface area contributed by atoms with Crippen LogP contribution in [0.5, 0.6) is 0 Å². The van der Waals surface area contributed by atoms with Gasteiger partial charge in [0, 0.05) is 5.92 Å². The van der Waals surface area contributed by atoms with E-state index in [0.717, 1.165) is 12.3 Å². The largest absolute Gasteiger partial charge is 0.295 e. The Morgan fingerprint density at radius 3 is 2.15 bits per heavy atom. The molecule has 0 heterocycles. The van der Waals surface area contributed by atoms with E-state index in [4.69, 9.17) is 0 Å². The van der Waals surface area contributed by atoms with E-state index in [1.54, 1.807) is 6.08 Å². The van der Waals surface area contributed by atoms with Gasteiger partial charge in [0.2, 0.25) is 0 Å². The van der Waals surface area contributed by atoms with Crippen LogP contribution in [0.4, 0.5) is 0 Å². The average Bonchev–Trinajstić information content (AvgIpc) is 2.12. The van der Waals surface area contributed by atoms with Gasteiger partial charge in [-0.3, -0.25) is 4.79 Å². The van der Waals surface area contributed by atoms with E-state index in [9.17, 15) is 4.79 Å². The second-order valence-corrected chi connectivity index (χ2v) is 3.88. The van der Waals surface area contributed by atoms with Gasteiger partial charge < -0.3 is 0 Å². The van der Waals surface area contributed by atoms with E-state index in [-0.39, 0.29) is 11.7 Å².